The van der Waals surface area contributed by atoms with E-state index < -0.39 is 6.09 Å². The SMILES string of the molecule is CCC1CC(Nc2ncc(Br)cn2)CC(Cc2ccccc2)N1C(=O)O. The Balaban J connectivity index is 1.78. The Labute approximate surface area is 161 Å². The summed E-state index contributed by atoms with van der Waals surface area (Å²) in [7, 11) is 0. The third kappa shape index (κ3) is 4.52. The van der Waals surface area contributed by atoms with Gasteiger partial charge in [0.1, 0.15) is 0 Å². The Bertz CT molecular complexity index is 726. The van der Waals surface area contributed by atoms with Crippen molar-refractivity contribution in [3.05, 3.63) is 52.8 Å². The van der Waals surface area contributed by atoms with Gasteiger partial charge in [0, 0.05) is 30.5 Å². The monoisotopic (exact) mass is 418 g/mol. The molecule has 1 aliphatic rings. The van der Waals surface area contributed by atoms with Gasteiger partial charge in [-0.2, -0.15) is 0 Å². The molecule has 1 amide bonds. The number of nitrogens with zero attached hydrogens (tertiary/aromatic N) is 3. The van der Waals surface area contributed by atoms with Crippen molar-refractivity contribution in [2.24, 2.45) is 0 Å². The summed E-state index contributed by atoms with van der Waals surface area (Å²) in [6.45, 7) is 2.04. The van der Waals surface area contributed by atoms with E-state index in [2.05, 4.69) is 43.3 Å². The molecule has 2 aromatic rings. The minimum absolute atomic E-state index is 0.0112. The van der Waals surface area contributed by atoms with E-state index in [0.29, 0.717) is 12.4 Å². The number of hydrogen-bond acceptors (Lipinski definition) is 4. The summed E-state index contributed by atoms with van der Waals surface area (Å²) in [4.78, 5) is 22.1. The van der Waals surface area contributed by atoms with Crippen LogP contribution in [-0.2, 0) is 6.42 Å². The van der Waals surface area contributed by atoms with Gasteiger partial charge in [0.2, 0.25) is 5.95 Å². The molecule has 0 aliphatic carbocycles. The van der Waals surface area contributed by atoms with Crippen molar-refractivity contribution in [2.45, 2.75) is 50.7 Å². The molecule has 3 atom stereocenters. The van der Waals surface area contributed by atoms with Crippen molar-refractivity contribution in [1.29, 1.82) is 0 Å². The minimum atomic E-state index is -0.837. The zero-order valence-electron chi connectivity index (χ0n) is 14.7. The van der Waals surface area contributed by atoms with Crippen molar-refractivity contribution in [3.8, 4) is 0 Å². The lowest BCUT2D eigenvalue weighted by Crippen LogP contribution is -2.55. The van der Waals surface area contributed by atoms with E-state index in [1.54, 1.807) is 17.3 Å². The Hall–Kier alpha value is -2.15. The van der Waals surface area contributed by atoms with E-state index in [9.17, 15) is 9.90 Å². The number of benzene rings is 1. The second-order valence-electron chi connectivity index (χ2n) is 6.63. The fourth-order valence-corrected chi connectivity index (χ4v) is 3.91. The molecule has 138 valence electrons. The second kappa shape index (κ2) is 8.49. The van der Waals surface area contributed by atoms with Gasteiger partial charge < -0.3 is 15.3 Å². The maximum Gasteiger partial charge on any atom is 0.407 e. The molecule has 0 radical (unpaired) electrons. The first-order chi connectivity index (χ1) is 12.6. The third-order valence-electron chi connectivity index (χ3n) is 4.86. The zero-order valence-corrected chi connectivity index (χ0v) is 16.3. The molecule has 6 nitrogen and oxygen atoms in total. The molecular formula is C19H23BrN4O2. The molecule has 2 N–H and O–H groups in total. The van der Waals surface area contributed by atoms with E-state index in [1.165, 1.54) is 0 Å². The van der Waals surface area contributed by atoms with Crippen LogP contribution in [0.5, 0.6) is 0 Å². The van der Waals surface area contributed by atoms with Crippen LogP contribution in [0.15, 0.2) is 47.2 Å². The van der Waals surface area contributed by atoms with E-state index in [4.69, 9.17) is 0 Å². The van der Waals surface area contributed by atoms with Gasteiger partial charge in [-0.15, -0.1) is 0 Å². The van der Waals surface area contributed by atoms with E-state index >= 15 is 0 Å². The van der Waals surface area contributed by atoms with Crippen molar-refractivity contribution >= 4 is 28.0 Å². The van der Waals surface area contributed by atoms with Crippen LogP contribution in [0.2, 0.25) is 0 Å². The van der Waals surface area contributed by atoms with Crippen molar-refractivity contribution in [3.63, 3.8) is 0 Å². The van der Waals surface area contributed by atoms with E-state index in [1.807, 2.05) is 25.1 Å². The average Bonchev–Trinajstić information content (AvgIpc) is 2.63. The third-order valence-corrected chi connectivity index (χ3v) is 5.27. The average molecular weight is 419 g/mol. The Morgan fingerprint density at radius 3 is 2.50 bits per heavy atom. The van der Waals surface area contributed by atoms with Gasteiger partial charge in [-0.05, 0) is 47.2 Å². The van der Waals surface area contributed by atoms with Crippen LogP contribution >= 0.6 is 15.9 Å². The summed E-state index contributed by atoms with van der Waals surface area (Å²) < 4.78 is 0.831. The highest BCUT2D eigenvalue weighted by atomic mass is 79.9. The standard InChI is InChI=1S/C19H23BrN4O2/c1-2-16-9-15(23-18-21-11-14(20)12-22-18)10-17(24(16)19(25)26)8-13-6-4-3-5-7-13/h3-7,11-12,15-17H,2,8-10H2,1H3,(H,25,26)(H,21,22,23). The first-order valence-corrected chi connectivity index (χ1v) is 9.65. The number of anilines is 1. The number of likely N-dealkylation sites (tertiary alicyclic amines) is 1. The molecule has 3 rings (SSSR count). The number of halogens is 1. The Kier molecular flexibility index (Phi) is 6.08. The predicted molar refractivity (Wildman–Crippen MR) is 104 cm³/mol. The summed E-state index contributed by atoms with van der Waals surface area (Å²) in [6, 6.07) is 10.1. The van der Waals surface area contributed by atoms with Crippen molar-refractivity contribution < 1.29 is 9.90 Å². The van der Waals surface area contributed by atoms with E-state index in [0.717, 1.165) is 29.3 Å². The topological polar surface area (TPSA) is 78.4 Å². The van der Waals surface area contributed by atoms with Gasteiger partial charge >= 0.3 is 6.09 Å². The largest absolute Gasteiger partial charge is 0.465 e. The van der Waals surface area contributed by atoms with Gasteiger partial charge in [-0.1, -0.05) is 37.3 Å². The summed E-state index contributed by atoms with van der Waals surface area (Å²) in [6.07, 6.45) is 5.57. The van der Waals surface area contributed by atoms with Gasteiger partial charge in [0.15, 0.2) is 0 Å². The molecule has 0 spiro atoms. The lowest BCUT2D eigenvalue weighted by atomic mass is 9.87. The highest BCUT2D eigenvalue weighted by Crippen LogP contribution is 2.29. The van der Waals surface area contributed by atoms with Crippen LogP contribution in [0.1, 0.15) is 31.7 Å². The summed E-state index contributed by atoms with van der Waals surface area (Å²) >= 11 is 3.34. The minimum Gasteiger partial charge on any atom is -0.465 e. The number of aromatic nitrogens is 2. The highest BCUT2D eigenvalue weighted by Gasteiger charge is 2.37. The van der Waals surface area contributed by atoms with Crippen LogP contribution in [0.4, 0.5) is 10.7 Å². The lowest BCUT2D eigenvalue weighted by Gasteiger charge is -2.44. The first-order valence-electron chi connectivity index (χ1n) is 8.86. The molecule has 0 bridgehead atoms. The zero-order chi connectivity index (χ0) is 18.5. The van der Waals surface area contributed by atoms with Crippen molar-refractivity contribution in [2.75, 3.05) is 5.32 Å². The van der Waals surface area contributed by atoms with Gasteiger partial charge in [0.05, 0.1) is 4.47 Å². The second-order valence-corrected chi connectivity index (χ2v) is 7.55. The van der Waals surface area contributed by atoms with Gasteiger partial charge in [-0.3, -0.25) is 0 Å². The molecule has 1 aromatic heterocycles. The first kappa shape index (κ1) is 18.6. The smallest absolute Gasteiger partial charge is 0.407 e. The Morgan fingerprint density at radius 2 is 1.88 bits per heavy atom. The molecule has 1 aliphatic heterocycles. The number of nitrogens with one attached hydrogen (secondary N) is 1. The molecule has 1 saturated heterocycles. The van der Waals surface area contributed by atoms with Gasteiger partial charge in [0.25, 0.3) is 0 Å². The number of carboxylic acid groups (broad SMARTS) is 1. The van der Waals surface area contributed by atoms with Crippen LogP contribution in [0, 0.1) is 0 Å². The number of piperidine rings is 1. The maximum atomic E-state index is 11.9. The molecule has 2 heterocycles. The van der Waals surface area contributed by atoms with Gasteiger partial charge in [-0.25, -0.2) is 14.8 Å². The Morgan fingerprint density at radius 1 is 1.23 bits per heavy atom. The summed E-state index contributed by atoms with van der Waals surface area (Å²) in [5, 5.41) is 13.2. The number of amides is 1. The molecule has 26 heavy (non-hydrogen) atoms. The molecular weight excluding hydrogens is 396 g/mol. The summed E-state index contributed by atoms with van der Waals surface area (Å²) in [5.41, 5.74) is 1.15. The molecule has 1 aromatic carbocycles. The molecule has 1 fully saturated rings. The number of carbonyl (C=O) groups is 1. The normalized spacial score (nSPS) is 22.8. The maximum absolute atomic E-state index is 11.9. The number of rotatable bonds is 5. The van der Waals surface area contributed by atoms with Crippen LogP contribution in [0.25, 0.3) is 0 Å². The molecule has 3 unspecified atom stereocenters. The number of hydrogen-bond donors (Lipinski definition) is 2. The highest BCUT2D eigenvalue weighted by molar-refractivity contribution is 9.10. The lowest BCUT2D eigenvalue weighted by molar-refractivity contribution is 0.0656. The quantitative estimate of drug-likeness (QED) is 0.760. The predicted octanol–water partition coefficient (Wildman–Crippen LogP) is 4.18. The van der Waals surface area contributed by atoms with Crippen LogP contribution in [-0.4, -0.2) is 44.2 Å². The molecule has 7 heteroatoms. The van der Waals surface area contributed by atoms with Crippen molar-refractivity contribution in [1.82, 2.24) is 14.9 Å². The summed E-state index contributed by atoms with van der Waals surface area (Å²) in [5.74, 6) is 0.579. The fourth-order valence-electron chi connectivity index (χ4n) is 3.71. The van der Waals surface area contributed by atoms with Crippen LogP contribution < -0.4 is 5.32 Å². The van der Waals surface area contributed by atoms with E-state index in [-0.39, 0.29) is 18.1 Å². The van der Waals surface area contributed by atoms with Crippen LogP contribution in [0.3, 0.4) is 0 Å². The molecule has 0 saturated carbocycles. The fraction of sp³-hybridized carbons (Fsp3) is 0.421.